The second kappa shape index (κ2) is 10.5. The minimum absolute atomic E-state index is 0.0711. The summed E-state index contributed by atoms with van der Waals surface area (Å²) in [6.45, 7) is 2.87. The molecular formula is C19H27F2N5O2. The third-order valence-electron chi connectivity index (χ3n) is 4.10. The van der Waals surface area contributed by atoms with Gasteiger partial charge in [0.25, 0.3) is 0 Å². The molecule has 2 N–H and O–H groups in total. The number of halogens is 2. The molecule has 154 valence electrons. The van der Waals surface area contributed by atoms with Crippen molar-refractivity contribution in [3.8, 4) is 11.5 Å². The Balaban J connectivity index is 1.85. The van der Waals surface area contributed by atoms with E-state index >= 15 is 0 Å². The van der Waals surface area contributed by atoms with E-state index in [0.717, 1.165) is 24.4 Å². The molecule has 0 bridgehead atoms. The zero-order chi connectivity index (χ0) is 20.5. The Morgan fingerprint density at radius 3 is 2.64 bits per heavy atom. The average molecular weight is 395 g/mol. The normalized spacial score (nSPS) is 11.6. The Labute approximate surface area is 163 Å². The van der Waals surface area contributed by atoms with Crippen molar-refractivity contribution in [2.45, 2.75) is 40.0 Å². The lowest BCUT2D eigenvalue weighted by atomic mass is 10.2. The molecule has 0 amide bonds. The Bertz CT molecular complexity index is 793. The van der Waals surface area contributed by atoms with Gasteiger partial charge in [-0.15, -0.1) is 0 Å². The summed E-state index contributed by atoms with van der Waals surface area (Å²) in [7, 11) is 3.12. The van der Waals surface area contributed by atoms with Gasteiger partial charge in [0.1, 0.15) is 11.5 Å². The number of nitrogens with one attached hydrogen (secondary N) is 2. The predicted molar refractivity (Wildman–Crippen MR) is 104 cm³/mol. The van der Waals surface area contributed by atoms with Crippen LogP contribution >= 0.6 is 0 Å². The molecule has 0 saturated carbocycles. The van der Waals surface area contributed by atoms with Gasteiger partial charge in [-0.3, -0.25) is 9.67 Å². The quantitative estimate of drug-likeness (QED) is 0.388. The highest BCUT2D eigenvalue weighted by Crippen LogP contribution is 2.26. The molecule has 0 spiro atoms. The van der Waals surface area contributed by atoms with Crippen molar-refractivity contribution in [2.75, 3.05) is 20.7 Å². The molecule has 1 aromatic carbocycles. The molecule has 9 heteroatoms. The van der Waals surface area contributed by atoms with E-state index in [4.69, 9.17) is 4.74 Å². The van der Waals surface area contributed by atoms with Gasteiger partial charge in [0.15, 0.2) is 5.96 Å². The first-order valence-electron chi connectivity index (χ1n) is 9.00. The van der Waals surface area contributed by atoms with Crippen molar-refractivity contribution in [3.63, 3.8) is 0 Å². The number of rotatable bonds is 9. The maximum atomic E-state index is 12.6. The summed E-state index contributed by atoms with van der Waals surface area (Å²) in [5, 5.41) is 10.7. The fourth-order valence-electron chi connectivity index (χ4n) is 2.75. The fourth-order valence-corrected chi connectivity index (χ4v) is 2.75. The van der Waals surface area contributed by atoms with Crippen LogP contribution in [-0.2, 0) is 13.1 Å². The molecule has 0 unspecified atom stereocenters. The highest BCUT2D eigenvalue weighted by atomic mass is 19.3. The summed E-state index contributed by atoms with van der Waals surface area (Å²) < 4.78 is 36.9. The molecule has 1 aromatic heterocycles. The SMILES string of the molecule is CN=C(NCCCn1nc(C)cc1C)NCc1ccc(OC)cc1OC(F)F. The van der Waals surface area contributed by atoms with Crippen LogP contribution in [-0.4, -0.2) is 43.1 Å². The summed E-state index contributed by atoms with van der Waals surface area (Å²) in [4.78, 5) is 4.15. The Morgan fingerprint density at radius 2 is 2.04 bits per heavy atom. The van der Waals surface area contributed by atoms with Crippen LogP contribution in [0, 0.1) is 13.8 Å². The molecule has 0 fully saturated rings. The number of nitrogens with zero attached hydrogens (tertiary/aromatic N) is 3. The predicted octanol–water partition coefficient (Wildman–Crippen LogP) is 2.87. The first kappa shape index (κ1) is 21.5. The van der Waals surface area contributed by atoms with Crippen LogP contribution in [0.2, 0.25) is 0 Å². The summed E-state index contributed by atoms with van der Waals surface area (Å²) in [6, 6.07) is 6.86. The molecule has 0 radical (unpaired) electrons. The highest BCUT2D eigenvalue weighted by molar-refractivity contribution is 5.79. The van der Waals surface area contributed by atoms with Crippen molar-refractivity contribution >= 4 is 5.96 Å². The number of methoxy groups -OCH3 is 1. The third kappa shape index (κ3) is 6.40. The van der Waals surface area contributed by atoms with Gasteiger partial charge in [-0.2, -0.15) is 13.9 Å². The Kier molecular flexibility index (Phi) is 8.03. The number of benzene rings is 1. The molecular weight excluding hydrogens is 368 g/mol. The average Bonchev–Trinajstić information content (AvgIpc) is 2.98. The topological polar surface area (TPSA) is 72.7 Å². The molecule has 1 heterocycles. The van der Waals surface area contributed by atoms with Gasteiger partial charge < -0.3 is 20.1 Å². The zero-order valence-corrected chi connectivity index (χ0v) is 16.6. The van der Waals surface area contributed by atoms with Gasteiger partial charge in [-0.25, -0.2) is 0 Å². The second-order valence-corrected chi connectivity index (χ2v) is 6.21. The number of aliphatic imine (C=N–C) groups is 1. The molecule has 28 heavy (non-hydrogen) atoms. The van der Waals surface area contributed by atoms with Crippen molar-refractivity contribution in [1.82, 2.24) is 20.4 Å². The van der Waals surface area contributed by atoms with Crippen molar-refractivity contribution in [2.24, 2.45) is 4.99 Å². The molecule has 0 atom stereocenters. The fraction of sp³-hybridized carbons (Fsp3) is 0.474. The number of aryl methyl sites for hydroxylation is 3. The summed E-state index contributed by atoms with van der Waals surface area (Å²) in [6.07, 6.45) is 0.866. The van der Waals surface area contributed by atoms with E-state index in [9.17, 15) is 8.78 Å². The van der Waals surface area contributed by atoms with Gasteiger partial charge in [-0.1, -0.05) is 0 Å². The largest absolute Gasteiger partial charge is 0.497 e. The molecule has 0 aliphatic heterocycles. The maximum absolute atomic E-state index is 12.6. The lowest BCUT2D eigenvalue weighted by Gasteiger charge is -2.15. The molecule has 0 saturated heterocycles. The molecule has 2 rings (SSSR count). The van der Waals surface area contributed by atoms with E-state index in [0.29, 0.717) is 23.8 Å². The zero-order valence-electron chi connectivity index (χ0n) is 16.6. The van der Waals surface area contributed by atoms with E-state index in [1.54, 1.807) is 19.2 Å². The molecule has 2 aromatic rings. The van der Waals surface area contributed by atoms with Gasteiger partial charge in [0, 0.05) is 44.0 Å². The Morgan fingerprint density at radius 1 is 1.25 bits per heavy atom. The number of guanidine groups is 1. The molecule has 0 aliphatic rings. The van der Waals surface area contributed by atoms with Crippen molar-refractivity contribution in [1.29, 1.82) is 0 Å². The van der Waals surface area contributed by atoms with Gasteiger partial charge in [0.2, 0.25) is 0 Å². The highest BCUT2D eigenvalue weighted by Gasteiger charge is 2.12. The third-order valence-corrected chi connectivity index (χ3v) is 4.10. The first-order valence-corrected chi connectivity index (χ1v) is 9.00. The van der Waals surface area contributed by atoms with E-state index < -0.39 is 6.61 Å². The van der Waals surface area contributed by atoms with Crippen LogP contribution in [0.15, 0.2) is 29.3 Å². The lowest BCUT2D eigenvalue weighted by Crippen LogP contribution is -2.37. The molecule has 7 nitrogen and oxygen atoms in total. The van der Waals surface area contributed by atoms with Gasteiger partial charge in [-0.05, 0) is 38.5 Å². The van der Waals surface area contributed by atoms with Crippen LogP contribution in [0.3, 0.4) is 0 Å². The number of hydrogen-bond donors (Lipinski definition) is 2. The maximum Gasteiger partial charge on any atom is 0.387 e. The smallest absolute Gasteiger partial charge is 0.387 e. The van der Waals surface area contributed by atoms with E-state index in [1.165, 1.54) is 13.2 Å². The first-order chi connectivity index (χ1) is 13.4. The van der Waals surface area contributed by atoms with Gasteiger partial charge >= 0.3 is 6.61 Å². The number of ether oxygens (including phenoxy) is 2. The van der Waals surface area contributed by atoms with E-state index in [-0.39, 0.29) is 12.3 Å². The summed E-state index contributed by atoms with van der Waals surface area (Å²) in [5.74, 6) is 1.10. The second-order valence-electron chi connectivity index (χ2n) is 6.21. The number of aromatic nitrogens is 2. The van der Waals surface area contributed by atoms with Crippen molar-refractivity contribution in [3.05, 3.63) is 41.2 Å². The van der Waals surface area contributed by atoms with Crippen LogP contribution in [0.1, 0.15) is 23.4 Å². The van der Waals surface area contributed by atoms with Crippen LogP contribution in [0.5, 0.6) is 11.5 Å². The summed E-state index contributed by atoms with van der Waals surface area (Å²) in [5.41, 5.74) is 2.71. The van der Waals surface area contributed by atoms with E-state index in [2.05, 4.69) is 25.5 Å². The Hall–Kier alpha value is -2.84. The van der Waals surface area contributed by atoms with Crippen molar-refractivity contribution < 1.29 is 18.3 Å². The monoisotopic (exact) mass is 395 g/mol. The standard InChI is InChI=1S/C19H27F2N5O2/c1-13-10-14(2)26(25-13)9-5-8-23-19(22-3)24-12-15-6-7-16(27-4)11-17(15)28-18(20)21/h6-7,10-11,18H,5,8-9,12H2,1-4H3,(H2,22,23,24). The summed E-state index contributed by atoms with van der Waals surface area (Å²) >= 11 is 0. The van der Waals surface area contributed by atoms with Crippen LogP contribution < -0.4 is 20.1 Å². The molecule has 0 aliphatic carbocycles. The van der Waals surface area contributed by atoms with E-state index in [1.807, 2.05) is 24.6 Å². The lowest BCUT2D eigenvalue weighted by molar-refractivity contribution is -0.0505. The van der Waals surface area contributed by atoms with Gasteiger partial charge in [0.05, 0.1) is 12.8 Å². The van der Waals surface area contributed by atoms with Crippen LogP contribution in [0.4, 0.5) is 8.78 Å². The number of hydrogen-bond acceptors (Lipinski definition) is 4. The minimum Gasteiger partial charge on any atom is -0.497 e. The number of alkyl halides is 2. The minimum atomic E-state index is -2.90. The van der Waals surface area contributed by atoms with Crippen LogP contribution in [0.25, 0.3) is 0 Å².